The zero-order chi connectivity index (χ0) is 16.9. The molecule has 1 fully saturated rings. The molecule has 1 amide bonds. The van der Waals surface area contributed by atoms with Crippen molar-refractivity contribution in [3.8, 4) is 5.88 Å². The van der Waals surface area contributed by atoms with Gasteiger partial charge in [-0.25, -0.2) is 4.98 Å². The third-order valence-electron chi connectivity index (χ3n) is 4.57. The average molecular weight is 324 g/mol. The standard InChI is InChI=1S/C20H24N2O2/c1-3-18(15-7-5-4-6-8-15)19(23)21-13-17-11-16(14-9-10-14)12-22-20(17)24-2/h4-8,11-12,14,18H,3,9-10,13H2,1-2H3,(H,21,23)/t18-/m1/s1. The second kappa shape index (κ2) is 7.47. The van der Waals surface area contributed by atoms with Crippen molar-refractivity contribution in [1.29, 1.82) is 0 Å². The number of rotatable bonds is 7. The Morgan fingerprint density at radius 2 is 2.08 bits per heavy atom. The second-order valence-corrected chi connectivity index (χ2v) is 6.30. The van der Waals surface area contributed by atoms with Crippen molar-refractivity contribution in [2.24, 2.45) is 0 Å². The summed E-state index contributed by atoms with van der Waals surface area (Å²) in [6.07, 6.45) is 5.12. The summed E-state index contributed by atoms with van der Waals surface area (Å²) in [6, 6.07) is 12.0. The van der Waals surface area contributed by atoms with Gasteiger partial charge in [-0.3, -0.25) is 4.79 Å². The Kier molecular flexibility index (Phi) is 5.14. The van der Waals surface area contributed by atoms with E-state index in [2.05, 4.69) is 16.4 Å². The fourth-order valence-corrected chi connectivity index (χ4v) is 3.03. The molecule has 0 saturated heterocycles. The van der Waals surface area contributed by atoms with Gasteiger partial charge in [0.2, 0.25) is 11.8 Å². The van der Waals surface area contributed by atoms with E-state index < -0.39 is 0 Å². The number of hydrogen-bond donors (Lipinski definition) is 1. The number of ether oxygens (including phenoxy) is 1. The van der Waals surface area contributed by atoms with E-state index in [1.54, 1.807) is 7.11 Å². The van der Waals surface area contributed by atoms with E-state index in [-0.39, 0.29) is 11.8 Å². The van der Waals surface area contributed by atoms with E-state index in [1.807, 2.05) is 43.5 Å². The number of amides is 1. The molecule has 1 aliphatic rings. The molecule has 4 heteroatoms. The van der Waals surface area contributed by atoms with Crippen LogP contribution in [0.1, 0.15) is 54.7 Å². The lowest BCUT2D eigenvalue weighted by Crippen LogP contribution is -2.29. The number of methoxy groups -OCH3 is 1. The van der Waals surface area contributed by atoms with Gasteiger partial charge in [-0.2, -0.15) is 0 Å². The van der Waals surface area contributed by atoms with Gasteiger partial charge in [0.05, 0.1) is 13.0 Å². The summed E-state index contributed by atoms with van der Waals surface area (Å²) >= 11 is 0. The summed E-state index contributed by atoms with van der Waals surface area (Å²) in [7, 11) is 1.61. The van der Waals surface area contributed by atoms with Crippen molar-refractivity contribution in [2.45, 2.75) is 44.6 Å². The topological polar surface area (TPSA) is 51.2 Å². The molecule has 126 valence electrons. The summed E-state index contributed by atoms with van der Waals surface area (Å²) in [5.74, 6) is 1.14. The fourth-order valence-electron chi connectivity index (χ4n) is 3.03. The monoisotopic (exact) mass is 324 g/mol. The molecule has 0 spiro atoms. The van der Waals surface area contributed by atoms with E-state index in [1.165, 1.54) is 18.4 Å². The molecule has 0 unspecified atom stereocenters. The number of hydrogen-bond acceptors (Lipinski definition) is 3. The average Bonchev–Trinajstić information content (AvgIpc) is 3.46. The molecule has 1 heterocycles. The minimum atomic E-state index is -0.128. The van der Waals surface area contributed by atoms with Crippen molar-refractivity contribution < 1.29 is 9.53 Å². The summed E-state index contributed by atoms with van der Waals surface area (Å²) in [5.41, 5.74) is 3.24. The van der Waals surface area contributed by atoms with Crippen molar-refractivity contribution in [2.75, 3.05) is 7.11 Å². The molecule has 1 aromatic carbocycles. The Balaban J connectivity index is 1.70. The molecule has 1 saturated carbocycles. The van der Waals surface area contributed by atoms with Crippen LogP contribution in [0.2, 0.25) is 0 Å². The summed E-state index contributed by atoms with van der Waals surface area (Å²) in [4.78, 5) is 17.0. The highest BCUT2D eigenvalue weighted by Crippen LogP contribution is 2.40. The first-order valence-corrected chi connectivity index (χ1v) is 8.58. The second-order valence-electron chi connectivity index (χ2n) is 6.30. The number of nitrogens with one attached hydrogen (secondary N) is 1. The summed E-state index contributed by atoms with van der Waals surface area (Å²) in [5, 5.41) is 3.05. The molecule has 0 radical (unpaired) electrons. The van der Waals surface area contributed by atoms with Gasteiger partial charge < -0.3 is 10.1 Å². The van der Waals surface area contributed by atoms with Crippen LogP contribution in [0, 0.1) is 0 Å². The van der Waals surface area contributed by atoms with Crippen LogP contribution in [0.15, 0.2) is 42.6 Å². The van der Waals surface area contributed by atoms with Crippen LogP contribution in [-0.2, 0) is 11.3 Å². The Hall–Kier alpha value is -2.36. The van der Waals surface area contributed by atoms with E-state index >= 15 is 0 Å². The van der Waals surface area contributed by atoms with E-state index in [0.717, 1.165) is 17.5 Å². The Morgan fingerprint density at radius 1 is 1.33 bits per heavy atom. The Labute approximate surface area is 143 Å². The van der Waals surface area contributed by atoms with E-state index in [0.29, 0.717) is 18.3 Å². The number of nitrogens with zero attached hydrogens (tertiary/aromatic N) is 1. The number of aromatic nitrogens is 1. The predicted molar refractivity (Wildman–Crippen MR) is 94.1 cm³/mol. The highest BCUT2D eigenvalue weighted by molar-refractivity contribution is 5.83. The predicted octanol–water partition coefficient (Wildman–Crippen LogP) is 3.78. The SMILES string of the molecule is CC[C@@H](C(=O)NCc1cc(C2CC2)cnc1OC)c1ccccc1. The molecule has 1 aromatic heterocycles. The molecule has 3 rings (SSSR count). The van der Waals surface area contributed by atoms with Gasteiger partial charge in [-0.05, 0) is 42.4 Å². The molecule has 2 aromatic rings. The van der Waals surface area contributed by atoms with Crippen molar-refractivity contribution >= 4 is 5.91 Å². The lowest BCUT2D eigenvalue weighted by molar-refractivity contribution is -0.122. The number of benzene rings is 1. The normalized spacial score (nSPS) is 14.9. The van der Waals surface area contributed by atoms with Crippen molar-refractivity contribution in [3.05, 3.63) is 59.3 Å². The van der Waals surface area contributed by atoms with Gasteiger partial charge in [0.15, 0.2) is 0 Å². The smallest absolute Gasteiger partial charge is 0.227 e. The summed E-state index contributed by atoms with van der Waals surface area (Å²) < 4.78 is 5.34. The van der Waals surface area contributed by atoms with Gasteiger partial charge in [0, 0.05) is 18.3 Å². The highest BCUT2D eigenvalue weighted by atomic mass is 16.5. The molecular formula is C20H24N2O2. The van der Waals surface area contributed by atoms with Crippen LogP contribution in [0.25, 0.3) is 0 Å². The molecular weight excluding hydrogens is 300 g/mol. The number of carbonyl (C=O) groups excluding carboxylic acids is 1. The highest BCUT2D eigenvalue weighted by Gasteiger charge is 2.25. The van der Waals surface area contributed by atoms with Crippen LogP contribution in [0.4, 0.5) is 0 Å². The molecule has 1 atom stereocenters. The quantitative estimate of drug-likeness (QED) is 0.843. The minimum Gasteiger partial charge on any atom is -0.481 e. The maximum atomic E-state index is 12.6. The van der Waals surface area contributed by atoms with Crippen molar-refractivity contribution in [1.82, 2.24) is 10.3 Å². The largest absolute Gasteiger partial charge is 0.481 e. The Morgan fingerprint density at radius 3 is 2.71 bits per heavy atom. The summed E-state index contributed by atoms with van der Waals surface area (Å²) in [6.45, 7) is 2.48. The molecule has 1 N–H and O–H groups in total. The molecule has 0 bridgehead atoms. The number of carbonyl (C=O) groups is 1. The van der Waals surface area contributed by atoms with Gasteiger partial charge in [-0.15, -0.1) is 0 Å². The first-order valence-electron chi connectivity index (χ1n) is 8.58. The fraction of sp³-hybridized carbons (Fsp3) is 0.400. The maximum Gasteiger partial charge on any atom is 0.227 e. The first kappa shape index (κ1) is 16.5. The third-order valence-corrected chi connectivity index (χ3v) is 4.57. The molecule has 1 aliphatic carbocycles. The molecule has 0 aliphatic heterocycles. The number of pyridine rings is 1. The van der Waals surface area contributed by atoms with Crippen LogP contribution in [0.5, 0.6) is 5.88 Å². The van der Waals surface area contributed by atoms with Crippen LogP contribution >= 0.6 is 0 Å². The Bertz CT molecular complexity index is 696. The third kappa shape index (κ3) is 3.75. The zero-order valence-corrected chi connectivity index (χ0v) is 14.3. The lowest BCUT2D eigenvalue weighted by Gasteiger charge is -2.16. The lowest BCUT2D eigenvalue weighted by atomic mass is 9.95. The van der Waals surface area contributed by atoms with Crippen LogP contribution in [-0.4, -0.2) is 18.0 Å². The van der Waals surface area contributed by atoms with Crippen LogP contribution in [0.3, 0.4) is 0 Å². The van der Waals surface area contributed by atoms with Crippen LogP contribution < -0.4 is 10.1 Å². The van der Waals surface area contributed by atoms with Gasteiger partial charge in [-0.1, -0.05) is 37.3 Å². The molecule has 4 nitrogen and oxygen atoms in total. The zero-order valence-electron chi connectivity index (χ0n) is 14.3. The minimum absolute atomic E-state index is 0.0441. The van der Waals surface area contributed by atoms with E-state index in [4.69, 9.17) is 4.74 Å². The van der Waals surface area contributed by atoms with E-state index in [9.17, 15) is 4.79 Å². The van der Waals surface area contributed by atoms with Gasteiger partial charge in [0.1, 0.15) is 0 Å². The van der Waals surface area contributed by atoms with Gasteiger partial charge in [0.25, 0.3) is 0 Å². The maximum absolute atomic E-state index is 12.6. The molecule has 24 heavy (non-hydrogen) atoms. The first-order chi connectivity index (χ1) is 11.7. The van der Waals surface area contributed by atoms with Gasteiger partial charge >= 0.3 is 0 Å². The van der Waals surface area contributed by atoms with Crippen molar-refractivity contribution in [3.63, 3.8) is 0 Å².